The number of quaternary nitrogens is 1. The number of likely N-dealkylation sites (tertiary alicyclic amines) is 1. The molecule has 9 nitrogen and oxygen atoms in total. The Bertz CT molecular complexity index is 723. The average Bonchev–Trinajstić information content (AvgIpc) is 3.13. The summed E-state index contributed by atoms with van der Waals surface area (Å²) in [4.78, 5) is 26.8. The van der Waals surface area contributed by atoms with Gasteiger partial charge in [0.25, 0.3) is 5.56 Å². The topological polar surface area (TPSA) is 114 Å². The fraction of sp³-hybridized carbons (Fsp3) is 0.750. The lowest BCUT2D eigenvalue weighted by molar-refractivity contribution is -0.911. The summed E-state index contributed by atoms with van der Waals surface area (Å²) in [6.07, 6.45) is 0.0952. The van der Waals surface area contributed by atoms with Crippen molar-refractivity contribution in [1.82, 2.24) is 9.55 Å². The monoisotopic (exact) mass is 356 g/mol. The molecule has 2 fully saturated rings. The number of aliphatic hydroxyl groups excluding tert-OH is 2. The minimum Gasteiger partial charge on any atom is -0.394 e. The maximum Gasteiger partial charge on any atom is 0.330 e. The molecule has 1 unspecified atom stereocenters. The molecule has 1 aromatic heterocycles. The number of aromatic nitrogens is 2. The van der Waals surface area contributed by atoms with E-state index < -0.39 is 42.4 Å². The predicted octanol–water partition coefficient (Wildman–Crippen LogP) is -1.46. The summed E-state index contributed by atoms with van der Waals surface area (Å²) in [5.41, 5.74) is -0.543. The molecule has 3 rings (SSSR count). The van der Waals surface area contributed by atoms with E-state index in [1.165, 1.54) is 17.9 Å². The molecule has 3 N–H and O–H groups in total. The molecule has 4 atom stereocenters. The molecule has 9 heteroatoms. The Morgan fingerprint density at radius 3 is 2.68 bits per heavy atom. The average molecular weight is 356 g/mol. The van der Waals surface area contributed by atoms with Crippen LogP contribution < -0.4 is 11.2 Å². The minimum absolute atomic E-state index is 0.391. The molecule has 2 saturated heterocycles. The number of aromatic amines is 1. The Hall–Kier alpha value is -1.52. The van der Waals surface area contributed by atoms with Gasteiger partial charge in [0.2, 0.25) is 0 Å². The summed E-state index contributed by atoms with van der Waals surface area (Å²) >= 11 is 0. The number of hydrogen-bond donors (Lipinski definition) is 3. The highest BCUT2D eigenvalue weighted by Gasteiger charge is 2.45. The Labute approximate surface area is 145 Å². The second-order valence-electron chi connectivity index (χ2n) is 7.19. The molecule has 2 aliphatic rings. The lowest BCUT2D eigenvalue weighted by Crippen LogP contribution is -2.44. The Balaban J connectivity index is 1.95. The van der Waals surface area contributed by atoms with E-state index in [1.54, 1.807) is 0 Å². The summed E-state index contributed by atoms with van der Waals surface area (Å²) in [6, 6.07) is 0. The third-order valence-corrected chi connectivity index (χ3v) is 5.28. The predicted molar refractivity (Wildman–Crippen MR) is 88.0 cm³/mol. The molecule has 0 amide bonds. The van der Waals surface area contributed by atoms with Gasteiger partial charge in [0.15, 0.2) is 6.23 Å². The first-order chi connectivity index (χ1) is 11.9. The van der Waals surface area contributed by atoms with Crippen molar-refractivity contribution in [3.05, 3.63) is 32.6 Å². The highest BCUT2D eigenvalue weighted by atomic mass is 16.6. The molecule has 0 radical (unpaired) electrons. The molecule has 0 bridgehead atoms. The normalized spacial score (nSPS) is 31.5. The Kier molecular flexibility index (Phi) is 5.12. The van der Waals surface area contributed by atoms with Crippen molar-refractivity contribution < 1.29 is 24.2 Å². The van der Waals surface area contributed by atoms with Gasteiger partial charge in [-0.25, -0.2) is 4.79 Å². The first-order valence-electron chi connectivity index (χ1n) is 8.53. The highest BCUT2D eigenvalue weighted by Crippen LogP contribution is 2.30. The van der Waals surface area contributed by atoms with E-state index in [0.717, 1.165) is 30.4 Å². The molecule has 0 spiro atoms. The molecule has 25 heavy (non-hydrogen) atoms. The molecule has 2 aliphatic heterocycles. The van der Waals surface area contributed by atoms with E-state index in [2.05, 4.69) is 12.0 Å². The largest absolute Gasteiger partial charge is 0.394 e. The third kappa shape index (κ3) is 3.42. The standard InChI is InChI=1S/C16H25N3O6/c1-19(5-3-4-6-19)8-10-7-18(16(23)17-14(10)22)15-13(24-2)12(21)11(9-20)25-15/h7,11-13,15,20-21H,3-6,8-9H2,1-2H3/p+1/t11-,12?,13+,15-/m1/s1. The van der Waals surface area contributed by atoms with Crippen molar-refractivity contribution in [2.75, 3.05) is 33.9 Å². The Morgan fingerprint density at radius 2 is 2.08 bits per heavy atom. The van der Waals surface area contributed by atoms with Crippen molar-refractivity contribution in [3.8, 4) is 0 Å². The zero-order valence-corrected chi connectivity index (χ0v) is 14.6. The second-order valence-corrected chi connectivity index (χ2v) is 7.19. The van der Waals surface area contributed by atoms with Crippen LogP contribution in [-0.4, -0.2) is 76.4 Å². The maximum absolute atomic E-state index is 12.3. The van der Waals surface area contributed by atoms with E-state index >= 15 is 0 Å². The number of H-pyrrole nitrogens is 1. The number of hydrogen-bond acceptors (Lipinski definition) is 6. The smallest absolute Gasteiger partial charge is 0.330 e. The van der Waals surface area contributed by atoms with Gasteiger partial charge >= 0.3 is 5.69 Å². The van der Waals surface area contributed by atoms with E-state index in [9.17, 15) is 19.8 Å². The molecule has 1 aromatic rings. The molecule has 3 heterocycles. The Morgan fingerprint density at radius 1 is 1.40 bits per heavy atom. The van der Waals surface area contributed by atoms with E-state index in [1.807, 2.05) is 0 Å². The second kappa shape index (κ2) is 7.00. The van der Waals surface area contributed by atoms with Crippen LogP contribution in [0.2, 0.25) is 0 Å². The number of ether oxygens (including phenoxy) is 2. The SMILES string of the molecule is CO[C@H]1C(O)[C@@H](CO)O[C@H]1n1cc(C[N+]2(C)CCCC2)c(=O)[nH]c1=O. The van der Waals surface area contributed by atoms with Crippen molar-refractivity contribution in [2.45, 2.75) is 43.9 Å². The van der Waals surface area contributed by atoms with Gasteiger partial charge in [-0.3, -0.25) is 14.3 Å². The van der Waals surface area contributed by atoms with Gasteiger partial charge in [0, 0.05) is 26.1 Å². The molecular formula is C16H26N3O6+. The van der Waals surface area contributed by atoms with Crippen molar-refractivity contribution in [1.29, 1.82) is 0 Å². The van der Waals surface area contributed by atoms with Crippen LogP contribution in [0.5, 0.6) is 0 Å². The van der Waals surface area contributed by atoms with Gasteiger partial charge in [-0.15, -0.1) is 0 Å². The van der Waals surface area contributed by atoms with Gasteiger partial charge in [-0.1, -0.05) is 0 Å². The van der Waals surface area contributed by atoms with Crippen LogP contribution >= 0.6 is 0 Å². The van der Waals surface area contributed by atoms with E-state index in [4.69, 9.17) is 9.47 Å². The van der Waals surface area contributed by atoms with E-state index in [-0.39, 0.29) is 0 Å². The number of nitrogens with zero attached hydrogens (tertiary/aromatic N) is 2. The summed E-state index contributed by atoms with van der Waals surface area (Å²) in [5, 5.41) is 19.5. The number of methoxy groups -OCH3 is 1. The van der Waals surface area contributed by atoms with Crippen LogP contribution in [0, 0.1) is 0 Å². The summed E-state index contributed by atoms with van der Waals surface area (Å²) in [7, 11) is 3.50. The lowest BCUT2D eigenvalue weighted by Gasteiger charge is -2.29. The minimum atomic E-state index is -1.06. The van der Waals surface area contributed by atoms with Gasteiger partial charge < -0.3 is 24.2 Å². The highest BCUT2D eigenvalue weighted by molar-refractivity contribution is 5.05. The summed E-state index contributed by atoms with van der Waals surface area (Å²) in [5.74, 6) is 0. The molecule has 140 valence electrons. The fourth-order valence-electron chi connectivity index (χ4n) is 3.84. The summed E-state index contributed by atoms with van der Waals surface area (Å²) < 4.78 is 12.8. The van der Waals surface area contributed by atoms with Crippen molar-refractivity contribution in [3.63, 3.8) is 0 Å². The van der Waals surface area contributed by atoms with Crippen molar-refractivity contribution >= 4 is 0 Å². The molecular weight excluding hydrogens is 330 g/mol. The van der Waals surface area contributed by atoms with Crippen LogP contribution in [-0.2, 0) is 16.0 Å². The van der Waals surface area contributed by atoms with Gasteiger partial charge in [0.05, 0.1) is 32.3 Å². The van der Waals surface area contributed by atoms with Gasteiger partial charge in [-0.05, 0) is 0 Å². The number of nitrogens with one attached hydrogen (secondary N) is 1. The van der Waals surface area contributed by atoms with Crippen LogP contribution in [0.15, 0.2) is 15.8 Å². The molecule has 0 aromatic carbocycles. The maximum atomic E-state index is 12.3. The number of rotatable bonds is 5. The van der Waals surface area contributed by atoms with E-state index in [0.29, 0.717) is 12.1 Å². The first-order valence-corrected chi connectivity index (χ1v) is 8.53. The van der Waals surface area contributed by atoms with Gasteiger partial charge in [0.1, 0.15) is 24.9 Å². The van der Waals surface area contributed by atoms with Crippen molar-refractivity contribution in [2.24, 2.45) is 0 Å². The van der Waals surface area contributed by atoms with Gasteiger partial charge in [-0.2, -0.15) is 0 Å². The molecule has 0 aliphatic carbocycles. The lowest BCUT2D eigenvalue weighted by atomic mass is 10.1. The van der Waals surface area contributed by atoms with Crippen LogP contribution in [0.25, 0.3) is 0 Å². The first kappa shape index (κ1) is 18.3. The fourth-order valence-corrected chi connectivity index (χ4v) is 3.84. The zero-order chi connectivity index (χ0) is 18.2. The third-order valence-electron chi connectivity index (χ3n) is 5.28. The van der Waals surface area contributed by atoms with Crippen LogP contribution in [0.4, 0.5) is 0 Å². The van der Waals surface area contributed by atoms with Crippen LogP contribution in [0.1, 0.15) is 24.6 Å². The number of aliphatic hydroxyl groups is 2. The zero-order valence-electron chi connectivity index (χ0n) is 14.6. The molecule has 0 saturated carbocycles. The van der Waals surface area contributed by atoms with Crippen LogP contribution in [0.3, 0.4) is 0 Å². The quantitative estimate of drug-likeness (QED) is 0.556. The summed E-state index contributed by atoms with van der Waals surface area (Å²) in [6.45, 7) is 2.11.